The number of aromatic nitrogens is 1. The van der Waals surface area contributed by atoms with Crippen LogP contribution in [0.2, 0.25) is 0 Å². The van der Waals surface area contributed by atoms with Crippen molar-refractivity contribution < 1.29 is 5.11 Å². The topological polar surface area (TPSA) is 33.1 Å². The molecule has 0 atom stereocenters. The van der Waals surface area contributed by atoms with Crippen LogP contribution in [-0.2, 0) is 6.42 Å². The van der Waals surface area contributed by atoms with Crippen LogP contribution >= 0.6 is 11.5 Å². The molecule has 1 aromatic rings. The highest BCUT2D eigenvalue weighted by Crippen LogP contribution is 2.41. The van der Waals surface area contributed by atoms with E-state index in [-0.39, 0.29) is 0 Å². The van der Waals surface area contributed by atoms with E-state index in [9.17, 15) is 5.11 Å². The van der Waals surface area contributed by atoms with Gasteiger partial charge in [-0.2, -0.15) is 4.37 Å². The molecule has 1 aliphatic rings. The lowest BCUT2D eigenvalue weighted by atomic mass is 9.81. The summed E-state index contributed by atoms with van der Waals surface area (Å²) in [6, 6.07) is 0. The standard InChI is InChI=1S/C13H21NOS/c1-3-4-11-12(16-14-13(11)15)10-7-5-9(2)6-8-10/h9-10H,3-8H2,1-2H3,(H,14,15). The van der Waals surface area contributed by atoms with Gasteiger partial charge in [0.05, 0.1) is 0 Å². The number of hydrogen-bond donors (Lipinski definition) is 1. The van der Waals surface area contributed by atoms with Gasteiger partial charge in [-0.05, 0) is 42.6 Å². The minimum atomic E-state index is 0.292. The molecule has 0 spiro atoms. The Hall–Kier alpha value is -0.570. The van der Waals surface area contributed by atoms with Gasteiger partial charge in [0.25, 0.3) is 0 Å². The van der Waals surface area contributed by atoms with Crippen LogP contribution in [0.5, 0.6) is 5.88 Å². The molecule has 3 heteroatoms. The Kier molecular flexibility index (Phi) is 3.85. The summed E-state index contributed by atoms with van der Waals surface area (Å²) in [7, 11) is 0. The molecule has 1 fully saturated rings. The fourth-order valence-electron chi connectivity index (χ4n) is 2.64. The largest absolute Gasteiger partial charge is 0.492 e. The Morgan fingerprint density at radius 1 is 1.31 bits per heavy atom. The molecule has 2 rings (SSSR count). The Morgan fingerprint density at radius 2 is 2.00 bits per heavy atom. The van der Waals surface area contributed by atoms with Crippen molar-refractivity contribution in [3.63, 3.8) is 0 Å². The summed E-state index contributed by atoms with van der Waals surface area (Å²) in [5, 5.41) is 9.74. The summed E-state index contributed by atoms with van der Waals surface area (Å²) in [6.45, 7) is 4.50. The molecule has 0 radical (unpaired) electrons. The van der Waals surface area contributed by atoms with Crippen molar-refractivity contribution in [1.82, 2.24) is 4.37 Å². The van der Waals surface area contributed by atoms with Crippen molar-refractivity contribution in [2.75, 3.05) is 0 Å². The summed E-state index contributed by atoms with van der Waals surface area (Å²) in [5.74, 6) is 1.84. The van der Waals surface area contributed by atoms with Crippen molar-refractivity contribution in [3.8, 4) is 5.88 Å². The van der Waals surface area contributed by atoms with Crippen molar-refractivity contribution >= 4 is 11.5 Å². The summed E-state index contributed by atoms with van der Waals surface area (Å²) < 4.78 is 4.13. The highest BCUT2D eigenvalue weighted by atomic mass is 32.1. The first-order chi connectivity index (χ1) is 7.72. The van der Waals surface area contributed by atoms with Crippen LogP contribution in [0.4, 0.5) is 0 Å². The molecular formula is C13H21NOS. The molecule has 1 aromatic heterocycles. The number of rotatable bonds is 3. The van der Waals surface area contributed by atoms with Gasteiger partial charge < -0.3 is 5.11 Å². The van der Waals surface area contributed by atoms with Crippen LogP contribution in [0.1, 0.15) is 62.3 Å². The number of hydrogen-bond acceptors (Lipinski definition) is 3. The first-order valence-electron chi connectivity index (χ1n) is 6.39. The van der Waals surface area contributed by atoms with Gasteiger partial charge in [0.15, 0.2) is 0 Å². The van der Waals surface area contributed by atoms with Crippen molar-refractivity contribution in [2.24, 2.45) is 5.92 Å². The van der Waals surface area contributed by atoms with Crippen LogP contribution in [0.3, 0.4) is 0 Å². The smallest absolute Gasteiger partial charge is 0.226 e. The molecule has 0 bridgehead atoms. The summed E-state index contributed by atoms with van der Waals surface area (Å²) >= 11 is 1.52. The Balaban J connectivity index is 2.13. The molecule has 1 heterocycles. The monoisotopic (exact) mass is 239 g/mol. The average Bonchev–Trinajstić information content (AvgIpc) is 2.63. The van der Waals surface area contributed by atoms with Crippen LogP contribution in [0.15, 0.2) is 0 Å². The molecule has 0 aromatic carbocycles. The van der Waals surface area contributed by atoms with Gasteiger partial charge in [0.2, 0.25) is 5.88 Å². The van der Waals surface area contributed by atoms with Crippen LogP contribution in [0.25, 0.3) is 0 Å². The summed E-state index contributed by atoms with van der Waals surface area (Å²) in [4.78, 5) is 1.37. The van der Waals surface area contributed by atoms with E-state index in [1.807, 2.05) is 0 Å². The van der Waals surface area contributed by atoms with E-state index in [0.717, 1.165) is 24.3 Å². The first kappa shape index (κ1) is 11.9. The van der Waals surface area contributed by atoms with Crippen molar-refractivity contribution in [2.45, 2.75) is 58.3 Å². The molecule has 0 saturated heterocycles. The lowest BCUT2D eigenvalue weighted by Gasteiger charge is -2.25. The lowest BCUT2D eigenvalue weighted by molar-refractivity contribution is 0.349. The van der Waals surface area contributed by atoms with E-state index in [1.165, 1.54) is 42.1 Å². The Labute approximate surface area is 102 Å². The maximum Gasteiger partial charge on any atom is 0.226 e. The number of nitrogens with zero attached hydrogens (tertiary/aromatic N) is 1. The first-order valence-corrected chi connectivity index (χ1v) is 7.17. The van der Waals surface area contributed by atoms with Gasteiger partial charge in [-0.25, -0.2) is 0 Å². The van der Waals surface area contributed by atoms with Crippen molar-refractivity contribution in [3.05, 3.63) is 10.4 Å². The van der Waals surface area contributed by atoms with Crippen LogP contribution in [-0.4, -0.2) is 9.48 Å². The van der Waals surface area contributed by atoms with Gasteiger partial charge in [-0.1, -0.05) is 33.1 Å². The van der Waals surface area contributed by atoms with Gasteiger partial charge in [0.1, 0.15) is 0 Å². The zero-order valence-electron chi connectivity index (χ0n) is 10.2. The highest BCUT2D eigenvalue weighted by molar-refractivity contribution is 7.06. The van der Waals surface area contributed by atoms with E-state index < -0.39 is 0 Å². The molecular weight excluding hydrogens is 218 g/mol. The zero-order valence-corrected chi connectivity index (χ0v) is 11.0. The average molecular weight is 239 g/mol. The third-order valence-corrected chi connectivity index (χ3v) is 4.73. The molecule has 0 unspecified atom stereocenters. The van der Waals surface area contributed by atoms with Gasteiger partial charge >= 0.3 is 0 Å². The minimum Gasteiger partial charge on any atom is -0.492 e. The zero-order chi connectivity index (χ0) is 11.5. The number of aromatic hydroxyl groups is 1. The molecule has 0 aliphatic heterocycles. The fourth-order valence-corrected chi connectivity index (χ4v) is 3.62. The predicted molar refractivity (Wildman–Crippen MR) is 68.1 cm³/mol. The normalized spacial score (nSPS) is 25.9. The molecule has 1 aliphatic carbocycles. The molecule has 0 amide bonds. The molecule has 2 nitrogen and oxygen atoms in total. The second-order valence-electron chi connectivity index (χ2n) is 5.06. The van der Waals surface area contributed by atoms with Crippen molar-refractivity contribution in [1.29, 1.82) is 0 Å². The van der Waals surface area contributed by atoms with E-state index >= 15 is 0 Å². The van der Waals surface area contributed by atoms with E-state index in [0.29, 0.717) is 11.8 Å². The minimum absolute atomic E-state index is 0.292. The summed E-state index contributed by atoms with van der Waals surface area (Å²) in [6.07, 6.45) is 7.27. The second kappa shape index (κ2) is 5.17. The van der Waals surface area contributed by atoms with E-state index in [2.05, 4.69) is 18.2 Å². The fraction of sp³-hybridized carbons (Fsp3) is 0.769. The lowest BCUT2D eigenvalue weighted by Crippen LogP contribution is -2.11. The molecule has 1 N–H and O–H groups in total. The summed E-state index contributed by atoms with van der Waals surface area (Å²) in [5.41, 5.74) is 1.13. The molecule has 90 valence electrons. The van der Waals surface area contributed by atoms with Crippen LogP contribution < -0.4 is 0 Å². The van der Waals surface area contributed by atoms with E-state index in [4.69, 9.17) is 0 Å². The maximum absolute atomic E-state index is 9.74. The molecule has 1 saturated carbocycles. The maximum atomic E-state index is 9.74. The third kappa shape index (κ3) is 2.40. The quantitative estimate of drug-likeness (QED) is 0.861. The molecule has 16 heavy (non-hydrogen) atoms. The van der Waals surface area contributed by atoms with Gasteiger partial charge in [0, 0.05) is 10.4 Å². The Morgan fingerprint density at radius 3 is 2.62 bits per heavy atom. The second-order valence-corrected chi connectivity index (χ2v) is 5.86. The highest BCUT2D eigenvalue weighted by Gasteiger charge is 2.25. The predicted octanol–water partition coefficient (Wildman–Crippen LogP) is 4.09. The third-order valence-electron chi connectivity index (χ3n) is 3.68. The van der Waals surface area contributed by atoms with Crippen LogP contribution in [0, 0.1) is 5.92 Å². The van der Waals surface area contributed by atoms with Gasteiger partial charge in [-0.15, -0.1) is 0 Å². The van der Waals surface area contributed by atoms with E-state index in [1.54, 1.807) is 0 Å². The van der Waals surface area contributed by atoms with Gasteiger partial charge in [-0.3, -0.25) is 0 Å². The SMILES string of the molecule is CCCc1c(O)nsc1C1CCC(C)CC1. The Bertz CT molecular complexity index is 340.